The molecule has 2 N–H and O–H groups in total. The Morgan fingerprint density at radius 1 is 1.22 bits per heavy atom. The zero-order valence-electron chi connectivity index (χ0n) is 13.0. The Kier molecular flexibility index (Phi) is 6.96. The predicted molar refractivity (Wildman–Crippen MR) is 95.7 cm³/mol. The van der Waals surface area contributed by atoms with Crippen molar-refractivity contribution in [3.63, 3.8) is 0 Å². The SMILES string of the molecule is Cn1cc(C(CN)P(=O)(OCCCl)OCCCl)c2ccccc21. The second-order valence-electron chi connectivity index (χ2n) is 5.05. The quantitative estimate of drug-likeness (QED) is 0.531. The average Bonchev–Trinajstić information content (AvgIpc) is 2.89. The summed E-state index contributed by atoms with van der Waals surface area (Å²) in [6, 6.07) is 7.86. The summed E-state index contributed by atoms with van der Waals surface area (Å²) >= 11 is 11.3. The molecular formula is C15H21Cl2N2O3P. The highest BCUT2D eigenvalue weighted by atomic mass is 35.5. The number of aryl methyl sites for hydroxylation is 1. The number of fused-ring (bicyclic) bond motifs is 1. The van der Waals surface area contributed by atoms with Crippen LogP contribution in [0, 0.1) is 0 Å². The van der Waals surface area contributed by atoms with Crippen molar-refractivity contribution in [3.8, 4) is 0 Å². The minimum Gasteiger partial charge on any atom is -0.350 e. The van der Waals surface area contributed by atoms with Gasteiger partial charge in [-0.15, -0.1) is 23.2 Å². The maximum atomic E-state index is 13.3. The van der Waals surface area contributed by atoms with E-state index in [4.69, 9.17) is 38.0 Å². The first-order chi connectivity index (χ1) is 11.1. The predicted octanol–water partition coefficient (Wildman–Crippen LogP) is 3.88. The molecule has 2 rings (SSSR count). The molecule has 8 heteroatoms. The van der Waals surface area contributed by atoms with E-state index < -0.39 is 13.3 Å². The van der Waals surface area contributed by atoms with Gasteiger partial charge < -0.3 is 19.3 Å². The lowest BCUT2D eigenvalue weighted by Gasteiger charge is -2.25. The van der Waals surface area contributed by atoms with Crippen LogP contribution in [0.15, 0.2) is 30.5 Å². The van der Waals surface area contributed by atoms with E-state index in [0.717, 1.165) is 16.5 Å². The van der Waals surface area contributed by atoms with Gasteiger partial charge in [0.1, 0.15) is 5.66 Å². The van der Waals surface area contributed by atoms with E-state index in [-0.39, 0.29) is 31.5 Å². The van der Waals surface area contributed by atoms with Crippen molar-refractivity contribution in [2.24, 2.45) is 12.8 Å². The molecule has 0 saturated heterocycles. The number of halogens is 2. The number of alkyl halides is 2. The molecule has 0 saturated carbocycles. The van der Waals surface area contributed by atoms with E-state index in [9.17, 15) is 4.57 Å². The van der Waals surface area contributed by atoms with Crippen LogP contribution in [-0.4, -0.2) is 36.1 Å². The molecule has 1 atom stereocenters. The molecule has 2 aromatic rings. The highest BCUT2D eigenvalue weighted by Gasteiger charge is 2.38. The second kappa shape index (κ2) is 8.52. The molecule has 5 nitrogen and oxygen atoms in total. The summed E-state index contributed by atoms with van der Waals surface area (Å²) in [7, 11) is -1.55. The Labute approximate surface area is 146 Å². The smallest absolute Gasteiger partial charge is 0.339 e. The molecule has 0 aliphatic rings. The van der Waals surface area contributed by atoms with Gasteiger partial charge in [-0.25, -0.2) is 0 Å². The normalized spacial score (nSPS) is 13.6. The molecule has 0 bridgehead atoms. The van der Waals surface area contributed by atoms with Crippen LogP contribution in [0.2, 0.25) is 0 Å². The van der Waals surface area contributed by atoms with E-state index in [2.05, 4.69) is 0 Å². The van der Waals surface area contributed by atoms with Crippen LogP contribution in [0.3, 0.4) is 0 Å². The molecule has 1 aromatic carbocycles. The summed E-state index contributed by atoms with van der Waals surface area (Å²) in [5, 5.41) is 0.981. The van der Waals surface area contributed by atoms with Crippen molar-refractivity contribution in [1.29, 1.82) is 0 Å². The van der Waals surface area contributed by atoms with E-state index in [1.165, 1.54) is 0 Å². The fourth-order valence-corrected chi connectivity index (χ4v) is 4.91. The molecule has 1 aromatic heterocycles. The first-order valence-electron chi connectivity index (χ1n) is 7.32. The highest BCUT2D eigenvalue weighted by molar-refractivity contribution is 7.54. The van der Waals surface area contributed by atoms with E-state index in [1.807, 2.05) is 42.1 Å². The van der Waals surface area contributed by atoms with Crippen molar-refractivity contribution < 1.29 is 13.6 Å². The second-order valence-corrected chi connectivity index (χ2v) is 8.02. The maximum absolute atomic E-state index is 13.3. The summed E-state index contributed by atoms with van der Waals surface area (Å²) in [5.41, 5.74) is 7.23. The van der Waals surface area contributed by atoms with Crippen LogP contribution in [0.25, 0.3) is 10.9 Å². The lowest BCUT2D eigenvalue weighted by Crippen LogP contribution is -2.17. The fourth-order valence-electron chi connectivity index (χ4n) is 2.61. The van der Waals surface area contributed by atoms with Gasteiger partial charge in [0.15, 0.2) is 0 Å². The first-order valence-corrected chi connectivity index (χ1v) is 10.00. The third kappa shape index (κ3) is 4.11. The zero-order chi connectivity index (χ0) is 16.9. The van der Waals surface area contributed by atoms with Gasteiger partial charge in [-0.1, -0.05) is 18.2 Å². The van der Waals surface area contributed by atoms with E-state index in [0.29, 0.717) is 0 Å². The Morgan fingerprint density at radius 2 is 1.83 bits per heavy atom. The van der Waals surface area contributed by atoms with Gasteiger partial charge in [-0.3, -0.25) is 4.57 Å². The molecule has 0 radical (unpaired) electrons. The van der Waals surface area contributed by atoms with Gasteiger partial charge in [0.2, 0.25) is 0 Å². The van der Waals surface area contributed by atoms with Crippen LogP contribution in [0.4, 0.5) is 0 Å². The number of aromatic nitrogens is 1. The number of hydrogen-bond acceptors (Lipinski definition) is 4. The van der Waals surface area contributed by atoms with Gasteiger partial charge in [-0.2, -0.15) is 0 Å². The van der Waals surface area contributed by atoms with Crippen molar-refractivity contribution in [2.75, 3.05) is 31.5 Å². The van der Waals surface area contributed by atoms with Crippen LogP contribution < -0.4 is 5.73 Å². The molecular weight excluding hydrogens is 358 g/mol. The largest absolute Gasteiger partial charge is 0.350 e. The van der Waals surface area contributed by atoms with Crippen LogP contribution in [0.1, 0.15) is 11.2 Å². The third-order valence-corrected chi connectivity index (χ3v) is 6.23. The van der Waals surface area contributed by atoms with E-state index in [1.54, 1.807) is 0 Å². The minimum absolute atomic E-state index is 0.127. The monoisotopic (exact) mass is 378 g/mol. The fraction of sp³-hybridized carbons (Fsp3) is 0.467. The van der Waals surface area contributed by atoms with Gasteiger partial charge in [0.25, 0.3) is 0 Å². The van der Waals surface area contributed by atoms with Crippen molar-refractivity contribution in [2.45, 2.75) is 5.66 Å². The van der Waals surface area contributed by atoms with Gasteiger partial charge in [-0.05, 0) is 11.6 Å². The number of para-hydroxylation sites is 1. The Morgan fingerprint density at radius 3 is 2.39 bits per heavy atom. The number of benzene rings is 1. The van der Waals surface area contributed by atoms with Gasteiger partial charge >= 0.3 is 7.60 Å². The molecule has 0 aliphatic carbocycles. The summed E-state index contributed by atoms with van der Waals surface area (Å²) < 4.78 is 26.2. The summed E-state index contributed by atoms with van der Waals surface area (Å²) in [4.78, 5) is 0. The standard InChI is InChI=1S/C15H21Cl2N2O3P/c1-19-11-13(12-4-2-3-5-14(12)19)15(10-18)23(20,21-8-6-16)22-9-7-17/h2-5,11,15H,6-10,18H2,1H3. The van der Waals surface area contributed by atoms with Crippen LogP contribution in [0.5, 0.6) is 0 Å². The number of hydrogen-bond donors (Lipinski definition) is 1. The summed E-state index contributed by atoms with van der Waals surface area (Å²) in [6.07, 6.45) is 1.92. The Hall–Kier alpha value is -0.550. The maximum Gasteiger partial charge on any atom is 0.339 e. The minimum atomic E-state index is -3.48. The average molecular weight is 379 g/mol. The molecule has 23 heavy (non-hydrogen) atoms. The summed E-state index contributed by atoms with van der Waals surface area (Å²) in [6.45, 7) is 0.390. The number of nitrogens with two attached hydrogens (primary N) is 1. The first kappa shape index (κ1) is 18.8. The molecule has 1 heterocycles. The molecule has 0 amide bonds. The van der Waals surface area contributed by atoms with Crippen LogP contribution >= 0.6 is 30.8 Å². The van der Waals surface area contributed by atoms with Gasteiger partial charge in [0.05, 0.1) is 13.2 Å². The lowest BCUT2D eigenvalue weighted by atomic mass is 10.1. The van der Waals surface area contributed by atoms with Crippen molar-refractivity contribution >= 4 is 41.7 Å². The molecule has 0 spiro atoms. The summed E-state index contributed by atoms with van der Waals surface area (Å²) in [5.74, 6) is 0.447. The third-order valence-electron chi connectivity index (χ3n) is 3.59. The number of nitrogens with zero attached hydrogens (tertiary/aromatic N) is 1. The number of rotatable bonds is 9. The Balaban J connectivity index is 2.46. The molecule has 0 aliphatic heterocycles. The molecule has 1 unspecified atom stereocenters. The van der Waals surface area contributed by atoms with Crippen LogP contribution in [-0.2, 0) is 20.7 Å². The highest BCUT2D eigenvalue weighted by Crippen LogP contribution is 2.61. The van der Waals surface area contributed by atoms with Crippen molar-refractivity contribution in [1.82, 2.24) is 4.57 Å². The van der Waals surface area contributed by atoms with Gasteiger partial charge in [0, 0.05) is 42.5 Å². The van der Waals surface area contributed by atoms with Crippen molar-refractivity contribution in [3.05, 3.63) is 36.0 Å². The zero-order valence-corrected chi connectivity index (χ0v) is 15.4. The Bertz CT molecular complexity index is 680. The lowest BCUT2D eigenvalue weighted by molar-refractivity contribution is 0.214. The topological polar surface area (TPSA) is 66.5 Å². The molecule has 0 fully saturated rings. The molecule has 128 valence electrons. The van der Waals surface area contributed by atoms with E-state index >= 15 is 0 Å².